The van der Waals surface area contributed by atoms with Crippen molar-refractivity contribution < 1.29 is 33.6 Å². The van der Waals surface area contributed by atoms with Crippen LogP contribution in [0.5, 0.6) is 0 Å². The molecule has 1 aliphatic carbocycles. The molecule has 0 aromatic heterocycles. The van der Waals surface area contributed by atoms with Crippen LogP contribution in [0, 0.1) is 5.92 Å². The molecule has 0 saturated heterocycles. The highest BCUT2D eigenvalue weighted by molar-refractivity contribution is 5.33. The molecule has 2 nitrogen and oxygen atoms in total. The number of hydrogen-bond acceptors (Lipinski definition) is 1. The molecule has 124 valence electrons. The van der Waals surface area contributed by atoms with Gasteiger partial charge < -0.3 is 33.6 Å². The molecule has 23 heavy (non-hydrogen) atoms. The van der Waals surface area contributed by atoms with Crippen molar-refractivity contribution in [3.8, 4) is 0 Å². The van der Waals surface area contributed by atoms with E-state index in [0.29, 0.717) is 6.04 Å². The van der Waals surface area contributed by atoms with Gasteiger partial charge in [-0.25, -0.2) is 0 Å². The van der Waals surface area contributed by atoms with Crippen LogP contribution in [0.4, 0.5) is 0 Å². The predicted octanol–water partition coefficient (Wildman–Crippen LogP) is 0.734. The lowest BCUT2D eigenvalue weighted by atomic mass is 9.75. The molecule has 1 aliphatic rings. The zero-order valence-electron chi connectivity index (χ0n) is 14.1. The molecule has 3 atom stereocenters. The molecule has 0 radical (unpaired) electrons. The number of quaternary nitrogens is 1. The Kier molecular flexibility index (Phi) is 5.87. The molecule has 2 aromatic rings. The van der Waals surface area contributed by atoms with Crippen LogP contribution in [0.3, 0.4) is 0 Å². The van der Waals surface area contributed by atoms with Crippen LogP contribution in [-0.4, -0.2) is 30.7 Å². The van der Waals surface area contributed by atoms with Gasteiger partial charge >= 0.3 is 0 Å². The third-order valence-electron chi connectivity index (χ3n) is 4.91. The van der Waals surface area contributed by atoms with Crippen molar-refractivity contribution in [2.75, 3.05) is 21.1 Å². The predicted molar refractivity (Wildman–Crippen MR) is 90.4 cm³/mol. The average molecular weight is 423 g/mol. The van der Waals surface area contributed by atoms with E-state index >= 15 is 0 Å². The Morgan fingerprint density at radius 1 is 0.957 bits per heavy atom. The van der Waals surface area contributed by atoms with E-state index in [-0.39, 0.29) is 36.0 Å². The molecular weight excluding hydrogens is 397 g/mol. The fraction of sp³-hybridized carbons (Fsp3) is 0.400. The van der Waals surface area contributed by atoms with E-state index < -0.39 is 0 Å². The van der Waals surface area contributed by atoms with Crippen LogP contribution in [-0.2, 0) is 6.42 Å². The van der Waals surface area contributed by atoms with E-state index in [4.69, 9.17) is 0 Å². The van der Waals surface area contributed by atoms with Gasteiger partial charge in [0.2, 0.25) is 0 Å². The van der Waals surface area contributed by atoms with Crippen molar-refractivity contribution in [1.82, 2.24) is 0 Å². The molecule has 0 aliphatic heterocycles. The maximum atomic E-state index is 11.0. The number of halogens is 1. The fourth-order valence-electron chi connectivity index (χ4n) is 4.01. The first-order valence-corrected chi connectivity index (χ1v) is 8.10. The van der Waals surface area contributed by atoms with Gasteiger partial charge in [-0.05, 0) is 24.0 Å². The highest BCUT2D eigenvalue weighted by atomic mass is 127. The number of aryl methyl sites for hydroxylation is 1. The quantitative estimate of drug-likeness (QED) is 0.571. The standard InChI is InChI=1S/C20H26NO.HI/c1-21(2,3)19(16-10-5-4-6-11-16)18-14-13-15-9-7-8-12-17(15)20(18)22;/h4-12,18-20,22H,13-14H2,1-3H3;1H/q+1;/p-1/t18-,19-,20-;/m0./s1. The Morgan fingerprint density at radius 3 is 2.22 bits per heavy atom. The molecule has 0 fully saturated rings. The van der Waals surface area contributed by atoms with Crippen LogP contribution < -0.4 is 24.0 Å². The minimum Gasteiger partial charge on any atom is -1.00 e. The first-order chi connectivity index (χ1) is 10.5. The largest absolute Gasteiger partial charge is 1.00 e. The maximum Gasteiger partial charge on any atom is 0.120 e. The zero-order chi connectivity index (χ0) is 15.7. The van der Waals surface area contributed by atoms with Crippen LogP contribution in [0.2, 0.25) is 0 Å². The van der Waals surface area contributed by atoms with Crippen molar-refractivity contribution in [3.05, 3.63) is 71.3 Å². The lowest BCUT2D eigenvalue weighted by Crippen LogP contribution is -3.00. The Morgan fingerprint density at radius 2 is 1.57 bits per heavy atom. The summed E-state index contributed by atoms with van der Waals surface area (Å²) >= 11 is 0. The van der Waals surface area contributed by atoms with E-state index in [2.05, 4.69) is 69.7 Å². The van der Waals surface area contributed by atoms with Gasteiger partial charge in [-0.3, -0.25) is 0 Å². The van der Waals surface area contributed by atoms with Gasteiger partial charge in [0.1, 0.15) is 6.04 Å². The van der Waals surface area contributed by atoms with Gasteiger partial charge in [0.15, 0.2) is 0 Å². The van der Waals surface area contributed by atoms with Crippen molar-refractivity contribution in [1.29, 1.82) is 0 Å². The fourth-order valence-corrected chi connectivity index (χ4v) is 4.01. The summed E-state index contributed by atoms with van der Waals surface area (Å²) in [6, 6.07) is 19.3. The molecule has 3 rings (SSSR count). The molecular formula is C20H26INO. The second kappa shape index (κ2) is 7.32. The number of aliphatic hydroxyl groups excluding tert-OH is 1. The normalized spacial score (nSPS) is 21.9. The number of rotatable bonds is 3. The molecule has 0 unspecified atom stereocenters. The van der Waals surface area contributed by atoms with Crippen LogP contribution in [0.15, 0.2) is 54.6 Å². The second-order valence-corrected chi connectivity index (χ2v) is 7.32. The number of fused-ring (bicyclic) bond motifs is 1. The van der Waals surface area contributed by atoms with E-state index in [1.54, 1.807) is 0 Å². The topological polar surface area (TPSA) is 20.2 Å². The highest BCUT2D eigenvalue weighted by Crippen LogP contribution is 2.44. The third-order valence-corrected chi connectivity index (χ3v) is 4.91. The molecule has 0 saturated carbocycles. The average Bonchev–Trinajstić information content (AvgIpc) is 2.50. The van der Waals surface area contributed by atoms with Crippen molar-refractivity contribution >= 4 is 0 Å². The molecule has 0 spiro atoms. The SMILES string of the molecule is C[N+](C)(C)[C@@H](c1ccccc1)[C@@H]1CCc2ccccc2[C@@H]1O.[I-]. The Balaban J connectivity index is 0.00000192. The third kappa shape index (κ3) is 3.78. The summed E-state index contributed by atoms with van der Waals surface area (Å²) in [4.78, 5) is 0. The van der Waals surface area contributed by atoms with Gasteiger partial charge in [-0.15, -0.1) is 0 Å². The van der Waals surface area contributed by atoms with Crippen LogP contribution >= 0.6 is 0 Å². The minimum atomic E-state index is -0.382. The molecule has 0 amide bonds. The monoisotopic (exact) mass is 423 g/mol. The van der Waals surface area contributed by atoms with Gasteiger partial charge in [0.25, 0.3) is 0 Å². The van der Waals surface area contributed by atoms with Gasteiger partial charge in [0.05, 0.1) is 27.2 Å². The van der Waals surface area contributed by atoms with Gasteiger partial charge in [-0.1, -0.05) is 54.6 Å². The summed E-state index contributed by atoms with van der Waals surface area (Å²) in [7, 11) is 6.68. The minimum absolute atomic E-state index is 0. The Bertz CT molecular complexity index is 636. The highest BCUT2D eigenvalue weighted by Gasteiger charge is 2.41. The van der Waals surface area contributed by atoms with Gasteiger partial charge in [-0.2, -0.15) is 0 Å². The summed E-state index contributed by atoms with van der Waals surface area (Å²) < 4.78 is 0.827. The molecule has 0 bridgehead atoms. The van der Waals surface area contributed by atoms with E-state index in [9.17, 15) is 5.11 Å². The number of nitrogens with zero attached hydrogens (tertiary/aromatic N) is 1. The summed E-state index contributed by atoms with van der Waals surface area (Å²) in [6.07, 6.45) is 1.71. The zero-order valence-corrected chi connectivity index (χ0v) is 16.3. The first kappa shape index (κ1) is 18.4. The second-order valence-electron chi connectivity index (χ2n) is 7.32. The van der Waals surface area contributed by atoms with Crippen molar-refractivity contribution in [2.24, 2.45) is 5.92 Å². The summed E-state index contributed by atoms with van der Waals surface area (Å²) in [5.41, 5.74) is 3.74. The van der Waals surface area contributed by atoms with E-state index in [1.807, 2.05) is 6.07 Å². The number of benzene rings is 2. The maximum absolute atomic E-state index is 11.0. The molecule has 1 N–H and O–H groups in total. The summed E-state index contributed by atoms with van der Waals surface area (Å²) in [5.74, 6) is 0.247. The van der Waals surface area contributed by atoms with Crippen molar-refractivity contribution in [3.63, 3.8) is 0 Å². The molecule has 2 aromatic carbocycles. The van der Waals surface area contributed by atoms with Crippen LogP contribution in [0.25, 0.3) is 0 Å². The smallest absolute Gasteiger partial charge is 0.120 e. The molecule has 3 heteroatoms. The summed E-state index contributed by atoms with van der Waals surface area (Å²) in [6.45, 7) is 0. The first-order valence-electron chi connectivity index (χ1n) is 8.10. The van der Waals surface area contributed by atoms with Crippen LogP contribution in [0.1, 0.15) is 35.3 Å². The summed E-state index contributed by atoms with van der Waals surface area (Å²) in [5, 5.41) is 11.0. The van der Waals surface area contributed by atoms with Gasteiger partial charge in [0, 0.05) is 11.5 Å². The lowest BCUT2D eigenvalue weighted by molar-refractivity contribution is -0.907. The number of aliphatic hydroxyl groups is 1. The Labute approximate surface area is 156 Å². The van der Waals surface area contributed by atoms with Crippen molar-refractivity contribution in [2.45, 2.75) is 25.0 Å². The van der Waals surface area contributed by atoms with E-state index in [0.717, 1.165) is 22.9 Å². The number of hydrogen-bond donors (Lipinski definition) is 1. The lowest BCUT2D eigenvalue weighted by Gasteiger charge is -2.43. The Hall–Kier alpha value is -0.910. The van der Waals surface area contributed by atoms with E-state index in [1.165, 1.54) is 11.1 Å². The molecule has 0 heterocycles.